The predicted molar refractivity (Wildman–Crippen MR) is 141 cm³/mol. The summed E-state index contributed by atoms with van der Waals surface area (Å²) in [6.07, 6.45) is 2.97. The van der Waals surface area contributed by atoms with Crippen LogP contribution in [0.25, 0.3) is 10.9 Å². The molecular formula is C29H30F2N4O5. The smallest absolute Gasteiger partial charge is 0.410 e. The van der Waals surface area contributed by atoms with Crippen LogP contribution in [0.4, 0.5) is 13.6 Å². The highest BCUT2D eigenvalue weighted by atomic mass is 19.1. The van der Waals surface area contributed by atoms with Gasteiger partial charge >= 0.3 is 6.09 Å². The summed E-state index contributed by atoms with van der Waals surface area (Å²) >= 11 is 0. The van der Waals surface area contributed by atoms with Crippen LogP contribution in [0, 0.1) is 29.9 Å². The number of rotatable bonds is 3. The Labute approximate surface area is 229 Å². The second-order valence-electron chi connectivity index (χ2n) is 11.3. The van der Waals surface area contributed by atoms with Crippen LogP contribution < -0.4 is 10.3 Å². The molecule has 2 aliphatic heterocycles. The van der Waals surface area contributed by atoms with Crippen molar-refractivity contribution in [2.45, 2.75) is 64.2 Å². The SMILES string of the molecule is Cc1c(Oc2c(F)ccc(F)c2C#N)ccc2ncn(C3COC4(CCN(C(=O)OC(C)(C)C)CC4)C3)c(=O)c12. The highest BCUT2D eigenvalue weighted by Gasteiger charge is 2.45. The molecule has 1 unspecified atom stereocenters. The van der Waals surface area contributed by atoms with Crippen molar-refractivity contribution < 1.29 is 27.8 Å². The average molecular weight is 553 g/mol. The molecule has 3 heterocycles. The minimum absolute atomic E-state index is 0.110. The second kappa shape index (κ2) is 10.2. The van der Waals surface area contributed by atoms with Gasteiger partial charge in [0.05, 0.1) is 35.5 Å². The first-order valence-corrected chi connectivity index (χ1v) is 13.1. The fourth-order valence-electron chi connectivity index (χ4n) is 5.35. The van der Waals surface area contributed by atoms with Gasteiger partial charge in [0.15, 0.2) is 11.6 Å². The van der Waals surface area contributed by atoms with E-state index >= 15 is 0 Å². The molecule has 0 radical (unpaired) electrons. The molecule has 1 amide bonds. The van der Waals surface area contributed by atoms with Crippen molar-refractivity contribution >= 4 is 17.0 Å². The number of carbonyl (C=O) groups excluding carboxylic acids is 1. The second-order valence-corrected chi connectivity index (χ2v) is 11.3. The maximum atomic E-state index is 14.4. The molecule has 40 heavy (non-hydrogen) atoms. The molecule has 11 heteroatoms. The third-order valence-corrected chi connectivity index (χ3v) is 7.45. The van der Waals surface area contributed by atoms with Gasteiger partial charge in [0.25, 0.3) is 5.56 Å². The van der Waals surface area contributed by atoms with Gasteiger partial charge in [-0.15, -0.1) is 0 Å². The average Bonchev–Trinajstić information content (AvgIpc) is 3.30. The van der Waals surface area contributed by atoms with Gasteiger partial charge in [-0.2, -0.15) is 5.26 Å². The van der Waals surface area contributed by atoms with Crippen molar-refractivity contribution in [3.05, 3.63) is 63.7 Å². The molecule has 210 valence electrons. The van der Waals surface area contributed by atoms with Crippen LogP contribution in [0.3, 0.4) is 0 Å². The van der Waals surface area contributed by atoms with Crippen molar-refractivity contribution in [1.82, 2.24) is 14.5 Å². The molecule has 0 aliphatic carbocycles. The van der Waals surface area contributed by atoms with E-state index in [1.807, 2.05) is 20.8 Å². The van der Waals surface area contributed by atoms with Gasteiger partial charge in [0.1, 0.15) is 28.8 Å². The Balaban J connectivity index is 1.38. The third kappa shape index (κ3) is 5.11. The summed E-state index contributed by atoms with van der Waals surface area (Å²) in [5, 5.41) is 9.57. The number of piperidine rings is 1. The van der Waals surface area contributed by atoms with Gasteiger partial charge in [-0.25, -0.2) is 18.6 Å². The van der Waals surface area contributed by atoms with E-state index in [9.17, 15) is 23.6 Å². The summed E-state index contributed by atoms with van der Waals surface area (Å²) in [4.78, 5) is 32.3. The van der Waals surface area contributed by atoms with Crippen molar-refractivity contribution in [1.29, 1.82) is 5.26 Å². The number of aryl methyl sites for hydroxylation is 1. The van der Waals surface area contributed by atoms with Gasteiger partial charge in [-0.1, -0.05) is 0 Å². The van der Waals surface area contributed by atoms with Gasteiger partial charge in [0, 0.05) is 18.7 Å². The summed E-state index contributed by atoms with van der Waals surface area (Å²) in [5.41, 5.74) is -1.10. The third-order valence-electron chi connectivity index (χ3n) is 7.45. The molecule has 0 bridgehead atoms. The van der Waals surface area contributed by atoms with E-state index in [0.717, 1.165) is 12.1 Å². The van der Waals surface area contributed by atoms with E-state index in [2.05, 4.69) is 4.98 Å². The maximum absolute atomic E-state index is 14.4. The fraction of sp³-hybridized carbons (Fsp3) is 0.448. The van der Waals surface area contributed by atoms with E-state index in [0.29, 0.717) is 50.0 Å². The fourth-order valence-corrected chi connectivity index (χ4v) is 5.35. The standard InChI is InChI=1S/C29H30F2N4O5/c1-17-23(39-25-19(14-32)20(30)5-6-21(25)31)8-7-22-24(17)26(36)35(16-33-22)18-13-29(38-15-18)9-11-34(12-10-29)27(37)40-28(2,3)4/h5-8,16,18H,9-13,15H2,1-4H3. The quantitative estimate of drug-likeness (QED) is 0.430. The molecule has 2 aliphatic rings. The lowest BCUT2D eigenvalue weighted by Gasteiger charge is -2.39. The molecular weight excluding hydrogens is 522 g/mol. The molecule has 0 N–H and O–H groups in total. The van der Waals surface area contributed by atoms with Crippen LogP contribution in [0.1, 0.15) is 57.2 Å². The molecule has 1 spiro atoms. The van der Waals surface area contributed by atoms with Gasteiger partial charge in [-0.3, -0.25) is 9.36 Å². The van der Waals surface area contributed by atoms with E-state index in [-0.39, 0.29) is 28.8 Å². The zero-order valence-corrected chi connectivity index (χ0v) is 22.8. The first kappa shape index (κ1) is 27.5. The number of nitrogens with zero attached hydrogens (tertiary/aromatic N) is 4. The molecule has 9 nitrogen and oxygen atoms in total. The molecule has 1 aromatic heterocycles. The van der Waals surface area contributed by atoms with E-state index in [4.69, 9.17) is 14.2 Å². The highest BCUT2D eigenvalue weighted by molar-refractivity contribution is 5.83. The zero-order valence-electron chi connectivity index (χ0n) is 22.8. The lowest BCUT2D eigenvalue weighted by Crippen LogP contribution is -2.48. The highest BCUT2D eigenvalue weighted by Crippen LogP contribution is 2.41. The van der Waals surface area contributed by atoms with Gasteiger partial charge in [-0.05, 0) is 71.2 Å². The van der Waals surface area contributed by atoms with Crippen molar-refractivity contribution in [3.63, 3.8) is 0 Å². The van der Waals surface area contributed by atoms with Crippen LogP contribution in [0.15, 0.2) is 35.4 Å². The molecule has 2 aromatic carbocycles. The number of nitriles is 1. The summed E-state index contributed by atoms with van der Waals surface area (Å²) in [5.74, 6) is -2.24. The lowest BCUT2D eigenvalue weighted by atomic mass is 9.87. The number of hydrogen-bond acceptors (Lipinski definition) is 7. The summed E-state index contributed by atoms with van der Waals surface area (Å²) in [7, 11) is 0. The van der Waals surface area contributed by atoms with Crippen molar-refractivity contribution in [2.24, 2.45) is 0 Å². The molecule has 5 rings (SSSR count). The first-order valence-electron chi connectivity index (χ1n) is 13.1. The molecule has 1 atom stereocenters. The largest absolute Gasteiger partial charge is 0.452 e. The Bertz CT molecular complexity index is 1580. The Kier molecular flexibility index (Phi) is 7.00. The Morgan fingerprint density at radius 1 is 1.18 bits per heavy atom. The van der Waals surface area contributed by atoms with Gasteiger partial charge in [0.2, 0.25) is 0 Å². The van der Waals surface area contributed by atoms with E-state index in [1.165, 1.54) is 17.0 Å². The number of carbonyl (C=O) groups is 1. The lowest BCUT2D eigenvalue weighted by molar-refractivity contribution is -0.0486. The minimum Gasteiger partial charge on any atom is -0.452 e. The number of aromatic nitrogens is 2. The number of hydrogen-bond donors (Lipinski definition) is 0. The number of ether oxygens (including phenoxy) is 3. The van der Waals surface area contributed by atoms with Crippen LogP contribution in [0.2, 0.25) is 0 Å². The van der Waals surface area contributed by atoms with Gasteiger partial charge < -0.3 is 19.1 Å². The molecule has 2 saturated heterocycles. The Hall–Kier alpha value is -4.04. The summed E-state index contributed by atoms with van der Waals surface area (Å²) < 4.78 is 47.4. The van der Waals surface area contributed by atoms with E-state index in [1.54, 1.807) is 24.0 Å². The number of fused-ring (bicyclic) bond motifs is 1. The number of amides is 1. The van der Waals surface area contributed by atoms with E-state index < -0.39 is 34.1 Å². The van der Waals surface area contributed by atoms with Crippen LogP contribution in [-0.4, -0.2) is 51.4 Å². The van der Waals surface area contributed by atoms with Crippen molar-refractivity contribution in [2.75, 3.05) is 19.7 Å². The Morgan fingerprint density at radius 2 is 1.88 bits per heavy atom. The van der Waals surface area contributed by atoms with Crippen LogP contribution in [-0.2, 0) is 9.47 Å². The number of halogens is 2. The Morgan fingerprint density at radius 3 is 2.55 bits per heavy atom. The zero-order chi connectivity index (χ0) is 28.8. The monoisotopic (exact) mass is 552 g/mol. The maximum Gasteiger partial charge on any atom is 0.410 e. The first-order chi connectivity index (χ1) is 18.9. The summed E-state index contributed by atoms with van der Waals surface area (Å²) in [6.45, 7) is 8.42. The summed E-state index contributed by atoms with van der Waals surface area (Å²) in [6, 6.07) is 6.16. The van der Waals surface area contributed by atoms with Crippen LogP contribution in [0.5, 0.6) is 11.5 Å². The molecule has 3 aromatic rings. The van der Waals surface area contributed by atoms with Crippen molar-refractivity contribution in [3.8, 4) is 17.6 Å². The topological polar surface area (TPSA) is 107 Å². The van der Waals surface area contributed by atoms with Crippen LogP contribution >= 0.6 is 0 Å². The normalized spacial score (nSPS) is 18.6. The number of likely N-dealkylation sites (tertiary alicyclic amines) is 1. The molecule has 2 fully saturated rings. The minimum atomic E-state index is -0.909. The number of benzene rings is 2. The molecule has 0 saturated carbocycles. The predicted octanol–water partition coefficient (Wildman–Crippen LogP) is 5.38.